The van der Waals surface area contributed by atoms with Crippen molar-refractivity contribution in [3.63, 3.8) is 0 Å². The van der Waals surface area contributed by atoms with Gasteiger partial charge in [-0.15, -0.1) is 0 Å². The molecular weight excluding hydrogens is 323 g/mol. The number of ether oxygens (including phenoxy) is 1. The lowest BCUT2D eigenvalue weighted by molar-refractivity contribution is -0.131. The molecule has 0 saturated carbocycles. The number of likely N-dealkylation sites (N-methyl/N-ethyl adjacent to an activating group) is 1. The summed E-state index contributed by atoms with van der Waals surface area (Å²) in [5, 5.41) is 1.07. The molecule has 1 aliphatic heterocycles. The van der Waals surface area contributed by atoms with E-state index in [9.17, 15) is 4.79 Å². The Hall–Kier alpha value is -0.810. The summed E-state index contributed by atoms with van der Waals surface area (Å²) >= 11 is 12.3. The van der Waals surface area contributed by atoms with Crippen LogP contribution in [0.1, 0.15) is 12.0 Å². The van der Waals surface area contributed by atoms with E-state index in [1.807, 2.05) is 19.0 Å². The van der Waals surface area contributed by atoms with E-state index in [2.05, 4.69) is 4.90 Å². The van der Waals surface area contributed by atoms with Gasteiger partial charge in [0.15, 0.2) is 0 Å². The molecule has 1 aromatic carbocycles. The second kappa shape index (κ2) is 7.64. The Labute approximate surface area is 141 Å². The first-order valence-corrected chi connectivity index (χ1v) is 8.07. The minimum Gasteiger partial charge on any atom is -0.380 e. The molecule has 4 nitrogen and oxygen atoms in total. The number of hydrogen-bond acceptors (Lipinski definition) is 3. The summed E-state index contributed by atoms with van der Waals surface area (Å²) in [5.74, 6) is 0.0430. The molecule has 0 spiro atoms. The Morgan fingerprint density at radius 1 is 1.36 bits per heavy atom. The summed E-state index contributed by atoms with van der Waals surface area (Å²) in [4.78, 5) is 16.7. The van der Waals surface area contributed by atoms with Crippen LogP contribution in [0.4, 0.5) is 0 Å². The van der Waals surface area contributed by atoms with E-state index in [4.69, 9.17) is 27.9 Å². The largest absolute Gasteiger partial charge is 0.380 e. The fraction of sp³-hybridized carbons (Fsp3) is 0.562. The lowest BCUT2D eigenvalue weighted by Gasteiger charge is -2.27. The molecule has 122 valence electrons. The smallest absolute Gasteiger partial charge is 0.227 e. The van der Waals surface area contributed by atoms with Gasteiger partial charge in [0.05, 0.1) is 12.5 Å². The SMILES string of the molecule is CO[C@H]1C[C@@H](CN(C)C)N(C(=O)Cc2c(Cl)cccc2Cl)C1. The normalized spacial score (nSPS) is 21.6. The van der Waals surface area contributed by atoms with Crippen molar-refractivity contribution in [2.75, 3.05) is 34.3 Å². The monoisotopic (exact) mass is 344 g/mol. The van der Waals surface area contributed by atoms with Gasteiger partial charge in [0.25, 0.3) is 0 Å². The van der Waals surface area contributed by atoms with Gasteiger partial charge in [0, 0.05) is 36.3 Å². The first kappa shape index (κ1) is 17.5. The Kier molecular flexibility index (Phi) is 6.09. The maximum absolute atomic E-state index is 12.7. The fourth-order valence-electron chi connectivity index (χ4n) is 2.90. The molecule has 0 aliphatic carbocycles. The number of halogens is 2. The maximum Gasteiger partial charge on any atom is 0.227 e. The minimum absolute atomic E-state index is 0.0430. The molecule has 0 unspecified atom stereocenters. The van der Waals surface area contributed by atoms with E-state index in [-0.39, 0.29) is 24.5 Å². The van der Waals surface area contributed by atoms with Crippen LogP contribution in [-0.2, 0) is 16.0 Å². The van der Waals surface area contributed by atoms with Crippen LogP contribution < -0.4 is 0 Å². The molecule has 22 heavy (non-hydrogen) atoms. The van der Waals surface area contributed by atoms with E-state index < -0.39 is 0 Å². The summed E-state index contributed by atoms with van der Waals surface area (Å²) in [6.45, 7) is 1.44. The zero-order valence-corrected chi connectivity index (χ0v) is 14.7. The van der Waals surface area contributed by atoms with Crippen LogP contribution in [0.2, 0.25) is 10.0 Å². The van der Waals surface area contributed by atoms with Crippen LogP contribution >= 0.6 is 23.2 Å². The van der Waals surface area contributed by atoms with Crippen LogP contribution in [0.5, 0.6) is 0 Å². The number of amides is 1. The molecule has 1 aliphatic rings. The standard InChI is InChI=1S/C16H22Cl2N2O2/c1-19(2)9-11-7-12(22-3)10-20(11)16(21)8-13-14(17)5-4-6-15(13)18/h4-6,11-12H,7-10H2,1-3H3/t11-,12-/m0/s1. The predicted molar refractivity (Wildman–Crippen MR) is 89.6 cm³/mol. The Morgan fingerprint density at radius 2 is 2.00 bits per heavy atom. The Bertz CT molecular complexity index is 517. The zero-order valence-electron chi connectivity index (χ0n) is 13.2. The number of benzene rings is 1. The van der Waals surface area contributed by atoms with E-state index in [0.29, 0.717) is 22.2 Å². The number of likely N-dealkylation sites (tertiary alicyclic amines) is 1. The van der Waals surface area contributed by atoms with Gasteiger partial charge in [0.1, 0.15) is 0 Å². The van der Waals surface area contributed by atoms with Crippen molar-refractivity contribution in [3.05, 3.63) is 33.8 Å². The Balaban J connectivity index is 2.12. The van der Waals surface area contributed by atoms with Gasteiger partial charge in [-0.25, -0.2) is 0 Å². The van der Waals surface area contributed by atoms with Gasteiger partial charge in [0.2, 0.25) is 5.91 Å². The predicted octanol–water partition coefficient (Wildman–Crippen LogP) is 2.71. The fourth-order valence-corrected chi connectivity index (χ4v) is 3.43. The summed E-state index contributed by atoms with van der Waals surface area (Å²) < 4.78 is 5.44. The third-order valence-corrected chi connectivity index (χ3v) is 4.70. The molecule has 0 N–H and O–H groups in total. The number of methoxy groups -OCH3 is 1. The number of carbonyl (C=O) groups excluding carboxylic acids is 1. The Morgan fingerprint density at radius 3 is 2.55 bits per heavy atom. The lowest BCUT2D eigenvalue weighted by Crippen LogP contribution is -2.42. The molecule has 1 heterocycles. The average molecular weight is 345 g/mol. The quantitative estimate of drug-likeness (QED) is 0.823. The second-order valence-electron chi connectivity index (χ2n) is 5.93. The van der Waals surface area contributed by atoms with E-state index in [0.717, 1.165) is 13.0 Å². The summed E-state index contributed by atoms with van der Waals surface area (Å²) in [6.07, 6.45) is 1.17. The number of hydrogen-bond donors (Lipinski definition) is 0. The molecule has 0 aromatic heterocycles. The van der Waals surface area contributed by atoms with Crippen LogP contribution in [-0.4, -0.2) is 62.1 Å². The lowest BCUT2D eigenvalue weighted by atomic mass is 10.1. The highest BCUT2D eigenvalue weighted by Crippen LogP contribution is 2.27. The molecule has 2 atom stereocenters. The average Bonchev–Trinajstić information content (AvgIpc) is 2.85. The molecule has 6 heteroatoms. The minimum atomic E-state index is 0.0430. The van der Waals surface area contributed by atoms with Crippen molar-refractivity contribution in [2.45, 2.75) is 25.0 Å². The summed E-state index contributed by atoms with van der Waals surface area (Å²) in [5.41, 5.74) is 0.695. The first-order valence-electron chi connectivity index (χ1n) is 7.32. The van der Waals surface area contributed by atoms with Gasteiger partial charge >= 0.3 is 0 Å². The highest BCUT2D eigenvalue weighted by molar-refractivity contribution is 6.36. The summed E-state index contributed by atoms with van der Waals surface area (Å²) in [7, 11) is 5.71. The highest BCUT2D eigenvalue weighted by atomic mass is 35.5. The van der Waals surface area contributed by atoms with Gasteiger partial charge in [-0.05, 0) is 38.2 Å². The third kappa shape index (κ3) is 4.13. The van der Waals surface area contributed by atoms with Crippen molar-refractivity contribution in [3.8, 4) is 0 Å². The van der Waals surface area contributed by atoms with E-state index >= 15 is 0 Å². The van der Waals surface area contributed by atoms with Crippen LogP contribution in [0.15, 0.2) is 18.2 Å². The van der Waals surface area contributed by atoms with Gasteiger partial charge in [-0.1, -0.05) is 29.3 Å². The molecule has 0 bridgehead atoms. The second-order valence-corrected chi connectivity index (χ2v) is 6.75. The molecule has 1 amide bonds. The molecule has 1 saturated heterocycles. The van der Waals surface area contributed by atoms with Crippen LogP contribution in [0, 0.1) is 0 Å². The maximum atomic E-state index is 12.7. The van der Waals surface area contributed by atoms with E-state index in [1.54, 1.807) is 25.3 Å². The van der Waals surface area contributed by atoms with Crippen molar-refractivity contribution in [1.29, 1.82) is 0 Å². The zero-order chi connectivity index (χ0) is 16.3. The number of nitrogens with zero attached hydrogens (tertiary/aromatic N) is 2. The van der Waals surface area contributed by atoms with Crippen molar-refractivity contribution in [2.24, 2.45) is 0 Å². The topological polar surface area (TPSA) is 32.8 Å². The highest BCUT2D eigenvalue weighted by Gasteiger charge is 2.35. The van der Waals surface area contributed by atoms with Crippen molar-refractivity contribution < 1.29 is 9.53 Å². The van der Waals surface area contributed by atoms with Crippen LogP contribution in [0.3, 0.4) is 0 Å². The van der Waals surface area contributed by atoms with E-state index in [1.165, 1.54) is 0 Å². The molecule has 1 fully saturated rings. The van der Waals surface area contributed by atoms with Gasteiger partial charge in [-0.3, -0.25) is 4.79 Å². The first-order chi connectivity index (χ1) is 10.4. The number of carbonyl (C=O) groups is 1. The molecular formula is C16H22Cl2N2O2. The van der Waals surface area contributed by atoms with Crippen molar-refractivity contribution in [1.82, 2.24) is 9.80 Å². The van der Waals surface area contributed by atoms with Crippen LogP contribution in [0.25, 0.3) is 0 Å². The van der Waals surface area contributed by atoms with Crippen molar-refractivity contribution >= 4 is 29.1 Å². The third-order valence-electron chi connectivity index (χ3n) is 4.00. The molecule has 1 aromatic rings. The number of rotatable bonds is 5. The summed E-state index contributed by atoms with van der Waals surface area (Å²) in [6, 6.07) is 5.46. The van der Waals surface area contributed by atoms with Gasteiger partial charge in [-0.2, -0.15) is 0 Å². The molecule has 0 radical (unpaired) electrons. The van der Waals surface area contributed by atoms with Gasteiger partial charge < -0.3 is 14.5 Å². The molecule has 2 rings (SSSR count).